The van der Waals surface area contributed by atoms with Gasteiger partial charge in [-0.15, -0.1) is 0 Å². The minimum Gasteiger partial charge on any atom is -0.503 e. The van der Waals surface area contributed by atoms with E-state index in [1.54, 1.807) is 6.92 Å². The fraction of sp³-hybridized carbons (Fsp3) is 0.273. The molecule has 0 heterocycles. The lowest BCUT2D eigenvalue weighted by Crippen LogP contribution is -2.18. The maximum atomic E-state index is 10.9. The van der Waals surface area contributed by atoms with E-state index in [0.29, 0.717) is 5.56 Å². The number of halogens is 1. The Morgan fingerprint density at radius 3 is 2.94 bits per heavy atom. The Morgan fingerprint density at radius 1 is 1.61 bits per heavy atom. The van der Waals surface area contributed by atoms with Crippen LogP contribution in [0, 0.1) is 0 Å². The molecule has 0 aliphatic carbocycles. The summed E-state index contributed by atoms with van der Waals surface area (Å²) in [6.07, 6.45) is 0.704. The Labute approximate surface area is 109 Å². The molecule has 6 nitrogen and oxygen atoms in total. The van der Waals surface area contributed by atoms with Crippen LogP contribution in [-0.4, -0.2) is 31.1 Å². The van der Waals surface area contributed by atoms with Gasteiger partial charge in [0.1, 0.15) is 0 Å². The largest absolute Gasteiger partial charge is 0.503 e. The van der Waals surface area contributed by atoms with E-state index in [1.165, 1.54) is 25.5 Å². The Hall–Kier alpha value is -1.95. The monoisotopic (exact) mass is 272 g/mol. The third kappa shape index (κ3) is 3.81. The van der Waals surface area contributed by atoms with E-state index in [2.05, 4.69) is 15.3 Å². The predicted molar refractivity (Wildman–Crippen MR) is 67.4 cm³/mol. The average molecular weight is 273 g/mol. The van der Waals surface area contributed by atoms with Crippen molar-refractivity contribution in [3.05, 3.63) is 22.7 Å². The molecule has 0 aliphatic rings. The van der Waals surface area contributed by atoms with E-state index >= 15 is 0 Å². The minimum absolute atomic E-state index is 0.131. The molecular weight excluding hydrogens is 260 g/mol. The van der Waals surface area contributed by atoms with Gasteiger partial charge >= 0.3 is 6.09 Å². The molecule has 0 saturated heterocycles. The zero-order chi connectivity index (χ0) is 13.5. The van der Waals surface area contributed by atoms with Crippen LogP contribution in [0.1, 0.15) is 12.5 Å². The van der Waals surface area contributed by atoms with Gasteiger partial charge in [0.15, 0.2) is 11.5 Å². The standard InChI is InChI=1S/C11H13ClN2O4/c1-3-18-11(16)14-13-6-7-4-8(12)10(15)9(5-7)17-2/h4-6,15H,3H2,1-2H3,(H,14,16). The predicted octanol–water partition coefficient (Wildman–Crippen LogP) is 2.13. The number of rotatable bonds is 4. The number of phenolic OH excluding ortho intramolecular Hbond substituents is 1. The van der Waals surface area contributed by atoms with Crippen LogP contribution in [0.4, 0.5) is 4.79 Å². The van der Waals surface area contributed by atoms with Gasteiger partial charge in [-0.2, -0.15) is 5.10 Å². The molecule has 0 bridgehead atoms. The summed E-state index contributed by atoms with van der Waals surface area (Å²) in [5.41, 5.74) is 2.73. The molecule has 1 aromatic rings. The van der Waals surface area contributed by atoms with E-state index in [9.17, 15) is 9.90 Å². The van der Waals surface area contributed by atoms with Gasteiger partial charge in [0.25, 0.3) is 0 Å². The van der Waals surface area contributed by atoms with E-state index in [1.807, 2.05) is 0 Å². The molecule has 1 aromatic carbocycles. The van der Waals surface area contributed by atoms with Crippen molar-refractivity contribution in [2.75, 3.05) is 13.7 Å². The van der Waals surface area contributed by atoms with Crippen molar-refractivity contribution in [3.8, 4) is 11.5 Å². The number of hydrazone groups is 1. The molecule has 98 valence electrons. The molecule has 0 unspecified atom stereocenters. The third-order valence-electron chi connectivity index (χ3n) is 1.92. The lowest BCUT2D eigenvalue weighted by molar-refractivity contribution is 0.152. The maximum Gasteiger partial charge on any atom is 0.427 e. The highest BCUT2D eigenvalue weighted by Gasteiger charge is 2.07. The first-order valence-electron chi connectivity index (χ1n) is 5.10. The van der Waals surface area contributed by atoms with Crippen molar-refractivity contribution in [1.82, 2.24) is 5.43 Å². The number of aromatic hydroxyl groups is 1. The average Bonchev–Trinajstić information content (AvgIpc) is 2.33. The fourth-order valence-corrected chi connectivity index (χ4v) is 1.37. The van der Waals surface area contributed by atoms with Gasteiger partial charge in [0, 0.05) is 0 Å². The highest BCUT2D eigenvalue weighted by atomic mass is 35.5. The van der Waals surface area contributed by atoms with Crippen molar-refractivity contribution in [1.29, 1.82) is 0 Å². The summed E-state index contributed by atoms with van der Waals surface area (Å²) >= 11 is 5.79. The number of amides is 1. The minimum atomic E-state index is -0.648. The van der Waals surface area contributed by atoms with Gasteiger partial charge in [0.05, 0.1) is 25.0 Å². The maximum absolute atomic E-state index is 10.9. The van der Waals surface area contributed by atoms with Crippen LogP contribution in [0.5, 0.6) is 11.5 Å². The molecule has 0 radical (unpaired) electrons. The summed E-state index contributed by atoms with van der Waals surface area (Å²) in [6.45, 7) is 1.95. The third-order valence-corrected chi connectivity index (χ3v) is 2.20. The number of benzene rings is 1. The molecule has 0 fully saturated rings. The molecule has 0 spiro atoms. The zero-order valence-corrected chi connectivity index (χ0v) is 10.7. The molecular formula is C11H13ClN2O4. The zero-order valence-electron chi connectivity index (χ0n) is 9.94. The van der Waals surface area contributed by atoms with Crippen LogP contribution in [0.2, 0.25) is 5.02 Å². The fourth-order valence-electron chi connectivity index (χ4n) is 1.15. The van der Waals surface area contributed by atoms with E-state index in [0.717, 1.165) is 0 Å². The molecule has 7 heteroatoms. The lowest BCUT2D eigenvalue weighted by Gasteiger charge is -2.06. The number of methoxy groups -OCH3 is 1. The molecule has 0 atom stereocenters. The summed E-state index contributed by atoms with van der Waals surface area (Å²) in [5.74, 6) is 0.0785. The van der Waals surface area contributed by atoms with Gasteiger partial charge in [-0.25, -0.2) is 10.2 Å². The highest BCUT2D eigenvalue weighted by molar-refractivity contribution is 6.32. The first kappa shape index (κ1) is 14.1. The molecule has 1 amide bonds. The second kappa shape index (κ2) is 6.70. The molecule has 0 aromatic heterocycles. The Bertz CT molecular complexity index is 463. The van der Waals surface area contributed by atoms with E-state index in [4.69, 9.17) is 16.3 Å². The summed E-state index contributed by atoms with van der Waals surface area (Å²) in [7, 11) is 1.41. The number of nitrogens with zero attached hydrogens (tertiary/aromatic N) is 1. The number of nitrogens with one attached hydrogen (secondary N) is 1. The van der Waals surface area contributed by atoms with Gasteiger partial charge in [-0.1, -0.05) is 11.6 Å². The van der Waals surface area contributed by atoms with Gasteiger partial charge in [-0.05, 0) is 24.6 Å². The van der Waals surface area contributed by atoms with E-state index in [-0.39, 0.29) is 23.1 Å². The first-order valence-corrected chi connectivity index (χ1v) is 5.48. The van der Waals surface area contributed by atoms with Crippen LogP contribution in [-0.2, 0) is 4.74 Å². The quantitative estimate of drug-likeness (QED) is 0.650. The number of phenols is 1. The Balaban J connectivity index is 2.76. The van der Waals surface area contributed by atoms with Gasteiger partial charge in [0.2, 0.25) is 0 Å². The highest BCUT2D eigenvalue weighted by Crippen LogP contribution is 2.34. The van der Waals surface area contributed by atoms with E-state index < -0.39 is 6.09 Å². The SMILES string of the molecule is CCOC(=O)NN=Cc1cc(Cl)c(O)c(OC)c1. The normalized spacial score (nSPS) is 10.4. The summed E-state index contributed by atoms with van der Waals surface area (Å²) in [5, 5.41) is 13.3. The van der Waals surface area contributed by atoms with Crippen LogP contribution in [0.15, 0.2) is 17.2 Å². The van der Waals surface area contributed by atoms with Crippen molar-refractivity contribution in [2.24, 2.45) is 5.10 Å². The second-order valence-electron chi connectivity index (χ2n) is 3.14. The number of carbonyl (C=O) groups excluding carboxylic acids is 1. The first-order chi connectivity index (χ1) is 8.58. The van der Waals surface area contributed by atoms with Crippen LogP contribution >= 0.6 is 11.6 Å². The molecule has 2 N–H and O–H groups in total. The Kier molecular flexibility index (Phi) is 5.26. The molecule has 0 saturated carbocycles. The second-order valence-corrected chi connectivity index (χ2v) is 3.55. The van der Waals surface area contributed by atoms with Crippen molar-refractivity contribution >= 4 is 23.9 Å². The van der Waals surface area contributed by atoms with Gasteiger partial charge in [-0.3, -0.25) is 0 Å². The molecule has 0 aliphatic heterocycles. The van der Waals surface area contributed by atoms with Crippen molar-refractivity contribution in [3.63, 3.8) is 0 Å². The van der Waals surface area contributed by atoms with Crippen LogP contribution in [0.3, 0.4) is 0 Å². The van der Waals surface area contributed by atoms with Crippen LogP contribution in [0.25, 0.3) is 0 Å². The van der Waals surface area contributed by atoms with Crippen LogP contribution < -0.4 is 10.2 Å². The number of carbonyl (C=O) groups is 1. The summed E-state index contributed by atoms with van der Waals surface area (Å²) < 4.78 is 9.54. The lowest BCUT2D eigenvalue weighted by atomic mass is 10.2. The molecule has 18 heavy (non-hydrogen) atoms. The summed E-state index contributed by atoms with van der Waals surface area (Å²) in [6, 6.07) is 3.01. The topological polar surface area (TPSA) is 80.2 Å². The number of hydrogen-bond donors (Lipinski definition) is 2. The number of ether oxygens (including phenoxy) is 2. The van der Waals surface area contributed by atoms with Gasteiger partial charge < -0.3 is 14.6 Å². The molecule has 1 rings (SSSR count). The summed E-state index contributed by atoms with van der Waals surface area (Å²) in [4.78, 5) is 10.9. The Morgan fingerprint density at radius 2 is 2.33 bits per heavy atom. The number of hydrogen-bond acceptors (Lipinski definition) is 5. The smallest absolute Gasteiger partial charge is 0.427 e. The van der Waals surface area contributed by atoms with Crippen molar-refractivity contribution in [2.45, 2.75) is 6.92 Å². The van der Waals surface area contributed by atoms with Crippen molar-refractivity contribution < 1.29 is 19.4 Å².